The van der Waals surface area contributed by atoms with Crippen LogP contribution in [0.25, 0.3) is 0 Å². The first kappa shape index (κ1) is 21.2. The minimum atomic E-state index is -2.13. The third kappa shape index (κ3) is 5.30. The number of halogens is 4. The molecule has 0 spiro atoms. The second-order valence-electron chi connectivity index (χ2n) is 8.52. The fraction of sp³-hybridized carbons (Fsp3) is 0.652. The number of benzene rings is 1. The molecule has 0 bridgehead atoms. The molecule has 1 aromatic rings. The third-order valence-electron chi connectivity index (χ3n) is 6.78. The maximum atomic E-state index is 14.1. The van der Waals surface area contributed by atoms with Crippen LogP contribution >= 0.6 is 0 Å². The van der Waals surface area contributed by atoms with E-state index in [9.17, 15) is 17.6 Å². The molecule has 0 amide bonds. The Bertz CT molecular complexity index is 644. The largest absolute Gasteiger partial charge is 0.453 e. The molecule has 0 N–H and O–H groups in total. The van der Waals surface area contributed by atoms with Crippen molar-refractivity contribution in [2.45, 2.75) is 77.0 Å². The highest BCUT2D eigenvalue weighted by Crippen LogP contribution is 2.45. The maximum Gasteiger partial charge on any atom is 0.305 e. The van der Waals surface area contributed by atoms with E-state index in [1.165, 1.54) is 50.7 Å². The van der Waals surface area contributed by atoms with Crippen molar-refractivity contribution in [3.8, 4) is 5.75 Å². The molecule has 2 aliphatic rings. The van der Waals surface area contributed by atoms with Crippen LogP contribution in [0.2, 0.25) is 0 Å². The van der Waals surface area contributed by atoms with Gasteiger partial charge in [-0.1, -0.05) is 32.6 Å². The van der Waals surface area contributed by atoms with Crippen LogP contribution in [0.3, 0.4) is 0 Å². The van der Waals surface area contributed by atoms with Crippen molar-refractivity contribution in [2.75, 3.05) is 0 Å². The lowest BCUT2D eigenvalue weighted by Crippen LogP contribution is -2.25. The molecule has 28 heavy (non-hydrogen) atoms. The summed E-state index contributed by atoms with van der Waals surface area (Å²) < 4.78 is 56.9. The minimum Gasteiger partial charge on any atom is -0.453 e. The molecule has 0 unspecified atom stereocenters. The van der Waals surface area contributed by atoms with Gasteiger partial charge in [-0.2, -0.15) is 8.78 Å². The molecule has 1 aromatic carbocycles. The zero-order chi connectivity index (χ0) is 20.1. The number of hydrogen-bond donors (Lipinski definition) is 0. The van der Waals surface area contributed by atoms with Crippen LogP contribution in [-0.4, -0.2) is 0 Å². The van der Waals surface area contributed by atoms with Crippen molar-refractivity contribution in [2.24, 2.45) is 17.8 Å². The molecular formula is C23H30F4O. The van der Waals surface area contributed by atoms with Crippen molar-refractivity contribution in [3.63, 3.8) is 0 Å². The normalized spacial score (nSPS) is 28.0. The number of hydrogen-bond acceptors (Lipinski definition) is 1. The summed E-state index contributed by atoms with van der Waals surface area (Å²) in [6.45, 7) is 2.26. The van der Waals surface area contributed by atoms with Crippen LogP contribution < -0.4 is 4.74 Å². The first-order chi connectivity index (χ1) is 13.5. The minimum absolute atomic E-state index is 0.0572. The van der Waals surface area contributed by atoms with Gasteiger partial charge in [0.1, 0.15) is 0 Å². The van der Waals surface area contributed by atoms with E-state index in [4.69, 9.17) is 0 Å². The molecule has 2 aliphatic carbocycles. The predicted octanol–water partition coefficient (Wildman–Crippen LogP) is 7.96. The highest BCUT2D eigenvalue weighted by atomic mass is 19.3. The van der Waals surface area contributed by atoms with E-state index >= 15 is 0 Å². The average Bonchev–Trinajstić information content (AvgIpc) is 2.68. The number of rotatable bonds is 6. The Labute approximate surface area is 165 Å². The highest BCUT2D eigenvalue weighted by molar-refractivity contribution is 5.34. The SMILES string of the molecule is CCCC1CCC(C2CCC(c3cc(F)c(OC=C(F)F)c(F)c3)CC2)CC1. The van der Waals surface area contributed by atoms with Crippen LogP contribution in [0.15, 0.2) is 24.5 Å². The standard InChI is InChI=1S/C23H30F4O/c1-2-3-15-4-6-16(7-5-15)17-8-10-18(11-9-17)19-12-20(24)23(21(25)13-19)28-14-22(26)27/h12-18H,2-11H2,1H3. The van der Waals surface area contributed by atoms with E-state index in [0.29, 0.717) is 5.56 Å². The first-order valence-electron chi connectivity index (χ1n) is 10.6. The molecule has 0 aromatic heterocycles. The van der Waals surface area contributed by atoms with Crippen molar-refractivity contribution < 1.29 is 22.3 Å². The van der Waals surface area contributed by atoms with Crippen molar-refractivity contribution in [1.82, 2.24) is 0 Å². The van der Waals surface area contributed by atoms with Crippen molar-refractivity contribution in [3.05, 3.63) is 41.7 Å². The molecule has 5 heteroatoms. The van der Waals surface area contributed by atoms with Gasteiger partial charge in [0.25, 0.3) is 0 Å². The molecule has 1 nitrogen and oxygen atoms in total. The van der Waals surface area contributed by atoms with Gasteiger partial charge < -0.3 is 4.74 Å². The van der Waals surface area contributed by atoms with Crippen molar-refractivity contribution in [1.29, 1.82) is 0 Å². The Morgan fingerprint density at radius 3 is 1.96 bits per heavy atom. The molecule has 156 valence electrons. The maximum absolute atomic E-state index is 14.1. The van der Waals surface area contributed by atoms with Gasteiger partial charge in [-0.15, -0.1) is 0 Å². The smallest absolute Gasteiger partial charge is 0.305 e. The molecular weight excluding hydrogens is 368 g/mol. The van der Waals surface area contributed by atoms with E-state index in [0.717, 1.165) is 43.4 Å². The fourth-order valence-corrected chi connectivity index (χ4v) is 5.31. The van der Waals surface area contributed by atoms with Gasteiger partial charge in [-0.25, -0.2) is 8.78 Å². The van der Waals surface area contributed by atoms with Crippen LogP contribution in [0.1, 0.15) is 82.6 Å². The summed E-state index contributed by atoms with van der Waals surface area (Å²) in [6, 6.07) is 2.48. The van der Waals surface area contributed by atoms with Crippen LogP contribution in [0.5, 0.6) is 5.75 Å². The van der Waals surface area contributed by atoms with Gasteiger partial charge in [0.2, 0.25) is 0 Å². The van der Waals surface area contributed by atoms with Gasteiger partial charge >= 0.3 is 6.08 Å². The Hall–Kier alpha value is -1.52. The van der Waals surface area contributed by atoms with E-state index in [-0.39, 0.29) is 12.2 Å². The summed E-state index contributed by atoms with van der Waals surface area (Å²) >= 11 is 0. The van der Waals surface area contributed by atoms with Gasteiger partial charge in [0.15, 0.2) is 23.6 Å². The molecule has 3 rings (SSSR count). The lowest BCUT2D eigenvalue weighted by Gasteiger charge is -2.38. The van der Waals surface area contributed by atoms with Crippen molar-refractivity contribution >= 4 is 0 Å². The van der Waals surface area contributed by atoms with Crippen LogP contribution in [0, 0.1) is 29.4 Å². The quantitative estimate of drug-likeness (QED) is 0.349. The summed E-state index contributed by atoms with van der Waals surface area (Å²) in [5, 5.41) is 0. The second kappa shape index (κ2) is 9.80. The number of ether oxygens (including phenoxy) is 1. The van der Waals surface area contributed by atoms with E-state index < -0.39 is 23.5 Å². The molecule has 2 saturated carbocycles. The summed E-state index contributed by atoms with van der Waals surface area (Å²) in [6.07, 6.45) is 9.97. The van der Waals surface area contributed by atoms with E-state index in [2.05, 4.69) is 11.7 Å². The zero-order valence-electron chi connectivity index (χ0n) is 16.5. The second-order valence-corrected chi connectivity index (χ2v) is 8.52. The zero-order valence-corrected chi connectivity index (χ0v) is 16.5. The molecule has 2 fully saturated rings. The van der Waals surface area contributed by atoms with Gasteiger partial charge in [-0.05, 0) is 79.9 Å². The highest BCUT2D eigenvalue weighted by Gasteiger charge is 2.31. The molecule has 0 atom stereocenters. The van der Waals surface area contributed by atoms with E-state index in [1.54, 1.807) is 0 Å². The lowest BCUT2D eigenvalue weighted by atomic mass is 9.68. The topological polar surface area (TPSA) is 9.23 Å². The predicted molar refractivity (Wildman–Crippen MR) is 102 cm³/mol. The molecule has 0 aliphatic heterocycles. The Morgan fingerprint density at radius 2 is 1.46 bits per heavy atom. The van der Waals surface area contributed by atoms with Crippen LogP contribution in [-0.2, 0) is 0 Å². The summed E-state index contributed by atoms with van der Waals surface area (Å²) in [5.74, 6) is -0.0551. The Kier molecular flexibility index (Phi) is 7.42. The van der Waals surface area contributed by atoms with Gasteiger partial charge in [0.05, 0.1) is 0 Å². The average molecular weight is 398 g/mol. The van der Waals surface area contributed by atoms with Crippen LogP contribution in [0.4, 0.5) is 17.6 Å². The Balaban J connectivity index is 1.56. The Morgan fingerprint density at radius 1 is 0.929 bits per heavy atom. The summed E-state index contributed by atoms with van der Waals surface area (Å²) in [7, 11) is 0. The molecule has 0 radical (unpaired) electrons. The molecule has 0 saturated heterocycles. The van der Waals surface area contributed by atoms with Gasteiger partial charge in [0, 0.05) is 0 Å². The monoisotopic (exact) mass is 398 g/mol. The third-order valence-corrected chi connectivity index (χ3v) is 6.78. The van der Waals surface area contributed by atoms with Gasteiger partial charge in [-0.3, -0.25) is 0 Å². The van der Waals surface area contributed by atoms with E-state index in [1.807, 2.05) is 0 Å². The fourth-order valence-electron chi connectivity index (χ4n) is 5.31. The molecule has 0 heterocycles. The summed E-state index contributed by atoms with van der Waals surface area (Å²) in [4.78, 5) is 0. The first-order valence-corrected chi connectivity index (χ1v) is 10.6. The lowest BCUT2D eigenvalue weighted by molar-refractivity contribution is 0.156. The summed E-state index contributed by atoms with van der Waals surface area (Å²) in [5.41, 5.74) is 0.608.